The van der Waals surface area contributed by atoms with E-state index in [9.17, 15) is 4.79 Å². The van der Waals surface area contributed by atoms with Crippen LogP contribution in [0.3, 0.4) is 0 Å². The quantitative estimate of drug-likeness (QED) is 0.773. The van der Waals surface area contributed by atoms with Gasteiger partial charge in [-0.1, -0.05) is 42.5 Å². The van der Waals surface area contributed by atoms with Crippen LogP contribution in [0.2, 0.25) is 0 Å². The summed E-state index contributed by atoms with van der Waals surface area (Å²) in [4.78, 5) is 13.7. The number of fused-ring (bicyclic) bond motifs is 1. The van der Waals surface area contributed by atoms with Crippen molar-refractivity contribution in [3.8, 4) is 0 Å². The molecule has 0 amide bonds. The van der Waals surface area contributed by atoms with Gasteiger partial charge in [-0.3, -0.25) is 4.79 Å². The summed E-state index contributed by atoms with van der Waals surface area (Å²) in [5.74, 6) is 0.116. The van der Waals surface area contributed by atoms with Gasteiger partial charge < -0.3 is 4.90 Å². The molecule has 2 aromatic carbocycles. The van der Waals surface area contributed by atoms with Gasteiger partial charge in [0.25, 0.3) is 0 Å². The molecule has 1 aliphatic heterocycles. The molecule has 2 heteroatoms. The van der Waals surface area contributed by atoms with Gasteiger partial charge in [-0.2, -0.15) is 0 Å². The fourth-order valence-corrected chi connectivity index (χ4v) is 3.24. The van der Waals surface area contributed by atoms with Crippen molar-refractivity contribution in [3.05, 3.63) is 65.2 Å². The zero-order valence-corrected chi connectivity index (χ0v) is 12.2. The van der Waals surface area contributed by atoms with E-state index in [0.29, 0.717) is 0 Å². The molecule has 1 aliphatic rings. The van der Waals surface area contributed by atoms with Crippen LogP contribution in [0.25, 0.3) is 0 Å². The zero-order chi connectivity index (χ0) is 14.3. The van der Waals surface area contributed by atoms with Crippen LogP contribution in [0.1, 0.15) is 35.3 Å². The summed E-state index contributed by atoms with van der Waals surface area (Å²) in [6, 6.07) is 16.6. The minimum absolute atomic E-state index is 0.0132. The highest BCUT2D eigenvalue weighted by Gasteiger charge is 2.38. The molecule has 3 rings (SSSR count). The maximum absolute atomic E-state index is 11.4. The molecular formula is C18H19NO. The van der Waals surface area contributed by atoms with E-state index in [0.717, 1.165) is 12.1 Å². The first-order valence-corrected chi connectivity index (χ1v) is 6.94. The van der Waals surface area contributed by atoms with Crippen molar-refractivity contribution in [2.75, 3.05) is 18.5 Å². The van der Waals surface area contributed by atoms with Gasteiger partial charge in [-0.15, -0.1) is 0 Å². The number of hydrogen-bond acceptors (Lipinski definition) is 2. The monoisotopic (exact) mass is 265 g/mol. The average molecular weight is 265 g/mol. The maximum atomic E-state index is 11.4. The van der Waals surface area contributed by atoms with Crippen molar-refractivity contribution in [1.82, 2.24) is 0 Å². The van der Waals surface area contributed by atoms with Crippen molar-refractivity contribution in [2.45, 2.75) is 19.3 Å². The Balaban J connectivity index is 2.08. The lowest BCUT2D eigenvalue weighted by Crippen LogP contribution is -2.29. The van der Waals surface area contributed by atoms with Gasteiger partial charge in [0.1, 0.15) is 0 Å². The van der Waals surface area contributed by atoms with E-state index in [1.54, 1.807) is 6.92 Å². The summed E-state index contributed by atoms with van der Waals surface area (Å²) in [6.07, 6.45) is 0. The predicted octanol–water partition coefficient (Wildman–Crippen LogP) is 3.65. The number of Topliss-reactive ketones (excluding diaryl/α,β-unsaturated/α-hetero) is 1. The number of likely N-dealkylation sites (N-methyl/N-ethyl adjacent to an activating group) is 1. The molecule has 0 spiro atoms. The van der Waals surface area contributed by atoms with Gasteiger partial charge in [-0.25, -0.2) is 0 Å². The molecular weight excluding hydrogens is 246 g/mol. The first-order chi connectivity index (χ1) is 9.52. The van der Waals surface area contributed by atoms with E-state index >= 15 is 0 Å². The lowest BCUT2D eigenvalue weighted by Gasteiger charge is -2.26. The Morgan fingerprint density at radius 3 is 2.40 bits per heavy atom. The average Bonchev–Trinajstić information content (AvgIpc) is 2.72. The second-order valence-corrected chi connectivity index (χ2v) is 5.84. The summed E-state index contributed by atoms with van der Waals surface area (Å²) >= 11 is 0. The first-order valence-electron chi connectivity index (χ1n) is 6.94. The summed E-state index contributed by atoms with van der Waals surface area (Å²) in [5.41, 5.74) is 4.68. The normalized spacial score (nSPS) is 20.9. The fourth-order valence-electron chi connectivity index (χ4n) is 3.24. The van der Waals surface area contributed by atoms with E-state index in [4.69, 9.17) is 0 Å². The van der Waals surface area contributed by atoms with Gasteiger partial charge in [0.15, 0.2) is 5.78 Å². The minimum atomic E-state index is -0.0132. The topological polar surface area (TPSA) is 20.3 Å². The van der Waals surface area contributed by atoms with E-state index in [1.165, 1.54) is 16.8 Å². The number of ketones is 1. The van der Waals surface area contributed by atoms with Crippen LogP contribution >= 0.6 is 0 Å². The SMILES string of the molecule is CC(=O)c1ccc(C2(C)CN(C)c3ccccc32)cc1. The summed E-state index contributed by atoms with van der Waals surface area (Å²) < 4.78 is 0. The molecule has 0 aromatic heterocycles. The van der Waals surface area contributed by atoms with E-state index in [2.05, 4.69) is 55.3 Å². The maximum Gasteiger partial charge on any atom is 0.159 e. The minimum Gasteiger partial charge on any atom is -0.373 e. The number of benzene rings is 2. The van der Waals surface area contributed by atoms with Crippen molar-refractivity contribution in [3.63, 3.8) is 0 Å². The number of rotatable bonds is 2. The number of anilines is 1. The van der Waals surface area contributed by atoms with Gasteiger partial charge in [0, 0.05) is 30.3 Å². The van der Waals surface area contributed by atoms with Crippen LogP contribution < -0.4 is 4.90 Å². The predicted molar refractivity (Wildman–Crippen MR) is 82.6 cm³/mol. The Morgan fingerprint density at radius 2 is 1.75 bits per heavy atom. The zero-order valence-electron chi connectivity index (χ0n) is 12.2. The van der Waals surface area contributed by atoms with Crippen molar-refractivity contribution < 1.29 is 4.79 Å². The first kappa shape index (κ1) is 12.9. The lowest BCUT2D eigenvalue weighted by molar-refractivity contribution is 0.101. The van der Waals surface area contributed by atoms with E-state index < -0.39 is 0 Å². The molecule has 2 aromatic rings. The van der Waals surface area contributed by atoms with Crippen LogP contribution in [0, 0.1) is 0 Å². The third kappa shape index (κ3) is 1.83. The molecule has 0 bridgehead atoms. The van der Waals surface area contributed by atoms with Crippen molar-refractivity contribution in [2.24, 2.45) is 0 Å². The van der Waals surface area contributed by atoms with Crippen LogP contribution in [0.15, 0.2) is 48.5 Å². The molecule has 1 atom stereocenters. The molecule has 0 radical (unpaired) electrons. The van der Waals surface area contributed by atoms with Gasteiger partial charge >= 0.3 is 0 Å². The molecule has 0 fully saturated rings. The second kappa shape index (κ2) is 4.48. The van der Waals surface area contributed by atoms with Gasteiger partial charge in [0.2, 0.25) is 0 Å². The highest BCUT2D eigenvalue weighted by atomic mass is 16.1. The Morgan fingerprint density at radius 1 is 1.10 bits per heavy atom. The van der Waals surface area contributed by atoms with Gasteiger partial charge in [-0.05, 0) is 31.0 Å². The summed E-state index contributed by atoms with van der Waals surface area (Å²) in [7, 11) is 2.13. The highest BCUT2D eigenvalue weighted by Crippen LogP contribution is 2.43. The fraction of sp³-hybridized carbons (Fsp3) is 0.278. The van der Waals surface area contributed by atoms with Crippen LogP contribution in [0.5, 0.6) is 0 Å². The number of carbonyl (C=O) groups is 1. The van der Waals surface area contributed by atoms with Crippen LogP contribution in [-0.4, -0.2) is 19.4 Å². The Labute approximate surface area is 120 Å². The van der Waals surface area contributed by atoms with Crippen LogP contribution in [-0.2, 0) is 5.41 Å². The molecule has 0 saturated heterocycles. The van der Waals surface area contributed by atoms with Gasteiger partial charge in [0.05, 0.1) is 0 Å². The van der Waals surface area contributed by atoms with Crippen molar-refractivity contribution in [1.29, 1.82) is 0 Å². The second-order valence-electron chi connectivity index (χ2n) is 5.84. The molecule has 0 aliphatic carbocycles. The molecule has 0 N–H and O–H groups in total. The largest absolute Gasteiger partial charge is 0.373 e. The van der Waals surface area contributed by atoms with E-state index in [-0.39, 0.29) is 11.2 Å². The summed E-state index contributed by atoms with van der Waals surface area (Å²) in [5, 5.41) is 0. The Bertz CT molecular complexity index is 659. The third-order valence-corrected chi connectivity index (χ3v) is 4.39. The summed E-state index contributed by atoms with van der Waals surface area (Å²) in [6.45, 7) is 4.85. The Hall–Kier alpha value is -2.09. The Kier molecular flexibility index (Phi) is 2.89. The lowest BCUT2D eigenvalue weighted by atomic mass is 9.77. The van der Waals surface area contributed by atoms with Crippen LogP contribution in [0.4, 0.5) is 5.69 Å². The van der Waals surface area contributed by atoms with E-state index in [1.807, 2.05) is 12.1 Å². The molecule has 102 valence electrons. The third-order valence-electron chi connectivity index (χ3n) is 4.39. The molecule has 1 heterocycles. The molecule has 20 heavy (non-hydrogen) atoms. The highest BCUT2D eigenvalue weighted by molar-refractivity contribution is 5.94. The molecule has 0 saturated carbocycles. The number of carbonyl (C=O) groups excluding carboxylic acids is 1. The molecule has 2 nitrogen and oxygen atoms in total. The molecule has 1 unspecified atom stereocenters. The van der Waals surface area contributed by atoms with Crippen molar-refractivity contribution >= 4 is 11.5 Å². The smallest absolute Gasteiger partial charge is 0.159 e. The number of hydrogen-bond donors (Lipinski definition) is 0. The standard InChI is InChI=1S/C18H19NO/c1-13(20)14-8-10-15(11-9-14)18(2)12-19(3)17-7-5-4-6-16(17)18/h4-11H,12H2,1-3H3. The number of nitrogens with zero attached hydrogens (tertiary/aromatic N) is 1. The number of para-hydroxylation sites is 1.